The van der Waals surface area contributed by atoms with E-state index >= 15 is 0 Å². The predicted octanol–water partition coefficient (Wildman–Crippen LogP) is 2.72. The summed E-state index contributed by atoms with van der Waals surface area (Å²) in [5, 5.41) is 0.787. The van der Waals surface area contributed by atoms with Gasteiger partial charge in [0.2, 0.25) is 0 Å². The van der Waals surface area contributed by atoms with Crippen LogP contribution in [0.4, 0.5) is 0 Å². The van der Waals surface area contributed by atoms with E-state index in [2.05, 4.69) is 0 Å². The first-order valence-corrected chi connectivity index (χ1v) is 7.68. The summed E-state index contributed by atoms with van der Waals surface area (Å²) in [6, 6.07) is 17.6. The molecule has 2 N–H and O–H groups in total. The summed E-state index contributed by atoms with van der Waals surface area (Å²) in [5.41, 5.74) is 7.65. The van der Waals surface area contributed by atoms with Gasteiger partial charge in [-0.3, -0.25) is 4.79 Å². The minimum absolute atomic E-state index is 0.426. The largest absolute Gasteiger partial charge is 0.449 e. The Morgan fingerprint density at radius 2 is 1.75 bits per heavy atom. The number of aromatic nitrogens is 1. The standard InChI is InChI=1S/C19H18N2O3/c1-13(18(20)22)24-19(23)16-12-21(11-14-7-3-2-4-8-14)17-10-6-5-9-15(16)17/h2-10,12-13H,11H2,1H3,(H2,20,22)/t13-/m1/s1. The molecule has 5 heteroatoms. The summed E-state index contributed by atoms with van der Waals surface area (Å²) < 4.78 is 7.14. The molecule has 0 spiro atoms. The second-order valence-corrected chi connectivity index (χ2v) is 5.62. The molecule has 1 heterocycles. The Labute approximate surface area is 139 Å². The molecule has 24 heavy (non-hydrogen) atoms. The zero-order valence-electron chi connectivity index (χ0n) is 13.3. The number of nitrogens with two attached hydrogens (primary N) is 1. The fourth-order valence-electron chi connectivity index (χ4n) is 2.60. The number of fused-ring (bicyclic) bond motifs is 1. The van der Waals surface area contributed by atoms with Crippen molar-refractivity contribution in [2.75, 3.05) is 0 Å². The van der Waals surface area contributed by atoms with Crippen LogP contribution in [0.25, 0.3) is 10.9 Å². The Balaban J connectivity index is 1.97. The number of carbonyl (C=O) groups excluding carboxylic acids is 2. The highest BCUT2D eigenvalue weighted by atomic mass is 16.5. The molecule has 0 aliphatic carbocycles. The Morgan fingerprint density at radius 1 is 1.08 bits per heavy atom. The molecule has 1 amide bonds. The van der Waals surface area contributed by atoms with Crippen LogP contribution in [0.2, 0.25) is 0 Å². The molecule has 122 valence electrons. The predicted molar refractivity (Wildman–Crippen MR) is 91.6 cm³/mol. The van der Waals surface area contributed by atoms with Crippen LogP contribution in [0.5, 0.6) is 0 Å². The number of primary amides is 1. The van der Waals surface area contributed by atoms with Gasteiger partial charge in [0, 0.05) is 23.6 Å². The van der Waals surface area contributed by atoms with E-state index in [1.807, 2.05) is 59.2 Å². The van der Waals surface area contributed by atoms with Crippen LogP contribution in [-0.4, -0.2) is 22.5 Å². The van der Waals surface area contributed by atoms with Gasteiger partial charge in [0.1, 0.15) is 0 Å². The van der Waals surface area contributed by atoms with Gasteiger partial charge in [-0.25, -0.2) is 4.79 Å². The highest BCUT2D eigenvalue weighted by molar-refractivity contribution is 6.05. The fraction of sp³-hybridized carbons (Fsp3) is 0.158. The lowest BCUT2D eigenvalue weighted by molar-refractivity contribution is -0.125. The third kappa shape index (κ3) is 3.15. The molecule has 0 bridgehead atoms. The number of hydrogen-bond acceptors (Lipinski definition) is 3. The van der Waals surface area contributed by atoms with Crippen molar-refractivity contribution < 1.29 is 14.3 Å². The molecular formula is C19H18N2O3. The van der Waals surface area contributed by atoms with Crippen LogP contribution >= 0.6 is 0 Å². The number of amides is 1. The van der Waals surface area contributed by atoms with Crippen molar-refractivity contribution >= 4 is 22.8 Å². The van der Waals surface area contributed by atoms with E-state index in [4.69, 9.17) is 10.5 Å². The van der Waals surface area contributed by atoms with Crippen molar-refractivity contribution in [3.05, 3.63) is 71.9 Å². The molecule has 5 nitrogen and oxygen atoms in total. The minimum atomic E-state index is -0.964. The highest BCUT2D eigenvalue weighted by Crippen LogP contribution is 2.23. The van der Waals surface area contributed by atoms with E-state index in [9.17, 15) is 9.59 Å². The summed E-state index contributed by atoms with van der Waals surface area (Å²) in [7, 11) is 0. The van der Waals surface area contributed by atoms with Gasteiger partial charge in [-0.2, -0.15) is 0 Å². The Bertz CT molecular complexity index is 884. The zero-order chi connectivity index (χ0) is 17.1. The number of esters is 1. The van der Waals surface area contributed by atoms with E-state index in [-0.39, 0.29) is 0 Å². The molecular weight excluding hydrogens is 304 g/mol. The molecule has 0 radical (unpaired) electrons. The highest BCUT2D eigenvalue weighted by Gasteiger charge is 2.20. The van der Waals surface area contributed by atoms with Gasteiger partial charge < -0.3 is 15.0 Å². The fourth-order valence-corrected chi connectivity index (χ4v) is 2.60. The average molecular weight is 322 g/mol. The number of hydrogen-bond donors (Lipinski definition) is 1. The second kappa shape index (κ2) is 6.58. The van der Waals surface area contributed by atoms with Crippen LogP contribution in [-0.2, 0) is 16.1 Å². The number of nitrogens with zero attached hydrogens (tertiary/aromatic N) is 1. The summed E-state index contributed by atoms with van der Waals surface area (Å²) >= 11 is 0. The molecule has 0 fully saturated rings. The van der Waals surface area contributed by atoms with E-state index in [0.29, 0.717) is 12.1 Å². The van der Waals surface area contributed by atoms with Crippen LogP contribution in [0.3, 0.4) is 0 Å². The van der Waals surface area contributed by atoms with Gasteiger partial charge in [-0.05, 0) is 18.6 Å². The van der Waals surface area contributed by atoms with Crippen molar-refractivity contribution in [2.45, 2.75) is 19.6 Å². The molecule has 0 aliphatic rings. The summed E-state index contributed by atoms with van der Waals surface area (Å²) in [4.78, 5) is 23.5. The SMILES string of the molecule is C[C@@H](OC(=O)c1cn(Cc2ccccc2)c2ccccc12)C(N)=O. The van der Waals surface area contributed by atoms with E-state index in [0.717, 1.165) is 16.5 Å². The molecule has 1 aromatic heterocycles. The molecule has 0 saturated heterocycles. The van der Waals surface area contributed by atoms with Crippen molar-refractivity contribution in [1.82, 2.24) is 4.57 Å². The van der Waals surface area contributed by atoms with Gasteiger partial charge in [0.05, 0.1) is 5.56 Å². The molecule has 0 unspecified atom stereocenters. The van der Waals surface area contributed by atoms with Gasteiger partial charge in [0.15, 0.2) is 6.10 Å². The number of benzene rings is 2. The van der Waals surface area contributed by atoms with Crippen LogP contribution in [0.1, 0.15) is 22.8 Å². The smallest absolute Gasteiger partial charge is 0.341 e. The topological polar surface area (TPSA) is 74.3 Å². The molecule has 0 saturated carbocycles. The average Bonchev–Trinajstić information content (AvgIpc) is 2.94. The van der Waals surface area contributed by atoms with E-state index in [1.165, 1.54) is 6.92 Å². The first-order valence-electron chi connectivity index (χ1n) is 7.68. The maximum absolute atomic E-state index is 12.4. The van der Waals surface area contributed by atoms with Crippen LogP contribution < -0.4 is 5.73 Å². The third-order valence-corrected chi connectivity index (χ3v) is 3.89. The Kier molecular flexibility index (Phi) is 4.33. The maximum atomic E-state index is 12.4. The third-order valence-electron chi connectivity index (χ3n) is 3.89. The van der Waals surface area contributed by atoms with Crippen LogP contribution in [0, 0.1) is 0 Å². The van der Waals surface area contributed by atoms with Crippen molar-refractivity contribution in [3.8, 4) is 0 Å². The number of rotatable bonds is 5. The maximum Gasteiger partial charge on any atom is 0.341 e. The monoisotopic (exact) mass is 322 g/mol. The van der Waals surface area contributed by atoms with Gasteiger partial charge in [0.25, 0.3) is 5.91 Å². The summed E-state index contributed by atoms with van der Waals surface area (Å²) in [5.74, 6) is -1.22. The van der Waals surface area contributed by atoms with Crippen molar-refractivity contribution in [1.29, 1.82) is 0 Å². The van der Waals surface area contributed by atoms with Gasteiger partial charge in [-0.15, -0.1) is 0 Å². The lowest BCUT2D eigenvalue weighted by atomic mass is 10.2. The van der Waals surface area contributed by atoms with Crippen LogP contribution in [0.15, 0.2) is 60.8 Å². The number of ether oxygens (including phenoxy) is 1. The molecule has 1 atom stereocenters. The lowest BCUT2D eigenvalue weighted by Gasteiger charge is -2.08. The molecule has 3 rings (SSSR count). The zero-order valence-corrected chi connectivity index (χ0v) is 13.3. The Morgan fingerprint density at radius 3 is 2.46 bits per heavy atom. The lowest BCUT2D eigenvalue weighted by Crippen LogP contribution is -2.30. The minimum Gasteiger partial charge on any atom is -0.449 e. The first-order chi connectivity index (χ1) is 11.6. The van der Waals surface area contributed by atoms with E-state index in [1.54, 1.807) is 6.20 Å². The second-order valence-electron chi connectivity index (χ2n) is 5.62. The normalized spacial score (nSPS) is 12.0. The molecule has 2 aromatic carbocycles. The molecule has 3 aromatic rings. The summed E-state index contributed by atoms with van der Waals surface area (Å²) in [6.45, 7) is 2.10. The molecule has 0 aliphatic heterocycles. The van der Waals surface area contributed by atoms with Crippen molar-refractivity contribution in [2.24, 2.45) is 5.73 Å². The number of carbonyl (C=O) groups is 2. The Hall–Kier alpha value is -3.08. The van der Waals surface area contributed by atoms with Crippen molar-refractivity contribution in [3.63, 3.8) is 0 Å². The first kappa shape index (κ1) is 15.8. The quantitative estimate of drug-likeness (QED) is 0.734. The van der Waals surface area contributed by atoms with Gasteiger partial charge >= 0.3 is 5.97 Å². The van der Waals surface area contributed by atoms with E-state index < -0.39 is 18.0 Å². The number of para-hydroxylation sites is 1. The van der Waals surface area contributed by atoms with Gasteiger partial charge in [-0.1, -0.05) is 48.5 Å². The summed E-state index contributed by atoms with van der Waals surface area (Å²) in [6.07, 6.45) is 0.794.